The van der Waals surface area contributed by atoms with Crippen molar-refractivity contribution in [2.24, 2.45) is 0 Å². The molecule has 0 spiro atoms. The first kappa shape index (κ1) is 19.1. The summed E-state index contributed by atoms with van der Waals surface area (Å²) < 4.78 is 6.09. The van der Waals surface area contributed by atoms with Gasteiger partial charge >= 0.3 is 6.03 Å². The zero-order valence-electron chi connectivity index (χ0n) is 17.0. The molecule has 0 saturated carbocycles. The maximum atomic E-state index is 12.6. The van der Waals surface area contributed by atoms with E-state index in [-0.39, 0.29) is 24.1 Å². The van der Waals surface area contributed by atoms with Gasteiger partial charge in [-0.15, -0.1) is 0 Å². The van der Waals surface area contributed by atoms with Crippen molar-refractivity contribution in [1.29, 1.82) is 0 Å². The molecule has 3 aliphatic heterocycles. The van der Waals surface area contributed by atoms with Gasteiger partial charge in [0.2, 0.25) is 0 Å². The number of nitrogens with one attached hydrogen (secondary N) is 1. The van der Waals surface area contributed by atoms with Gasteiger partial charge in [-0.05, 0) is 48.4 Å². The van der Waals surface area contributed by atoms with Crippen LogP contribution in [0.2, 0.25) is 0 Å². The first-order valence-corrected chi connectivity index (χ1v) is 10.8. The maximum absolute atomic E-state index is 12.6. The van der Waals surface area contributed by atoms with Crippen LogP contribution in [-0.4, -0.2) is 47.0 Å². The third kappa shape index (κ3) is 3.67. The lowest BCUT2D eigenvalue weighted by Crippen LogP contribution is -2.34. The molecule has 2 saturated heterocycles. The van der Waals surface area contributed by atoms with E-state index >= 15 is 0 Å². The van der Waals surface area contributed by atoms with Gasteiger partial charge < -0.3 is 15.0 Å². The van der Waals surface area contributed by atoms with Gasteiger partial charge in [0.25, 0.3) is 5.91 Å². The van der Waals surface area contributed by atoms with E-state index in [0.29, 0.717) is 13.1 Å². The number of amides is 3. The highest BCUT2D eigenvalue weighted by atomic mass is 16.5. The zero-order valence-corrected chi connectivity index (χ0v) is 17.0. The molecule has 5 rings (SSSR count). The lowest BCUT2D eigenvalue weighted by molar-refractivity contribution is -0.128. The van der Waals surface area contributed by atoms with Crippen molar-refractivity contribution in [3.63, 3.8) is 0 Å². The number of carbonyl (C=O) groups is 2. The van der Waals surface area contributed by atoms with E-state index in [1.807, 2.05) is 24.3 Å². The Morgan fingerprint density at radius 2 is 1.90 bits per heavy atom. The normalized spacial score (nSPS) is 22.8. The van der Waals surface area contributed by atoms with Crippen LogP contribution in [0.5, 0.6) is 5.75 Å². The molecule has 2 fully saturated rings. The fourth-order valence-electron chi connectivity index (χ4n) is 4.75. The van der Waals surface area contributed by atoms with Crippen molar-refractivity contribution >= 4 is 11.9 Å². The number of rotatable bonds is 6. The Morgan fingerprint density at radius 1 is 1.03 bits per heavy atom. The molecule has 3 aliphatic rings. The minimum atomic E-state index is -0.233. The Morgan fingerprint density at radius 3 is 2.80 bits per heavy atom. The van der Waals surface area contributed by atoms with Crippen LogP contribution in [0.15, 0.2) is 48.5 Å². The summed E-state index contributed by atoms with van der Waals surface area (Å²) in [7, 11) is 0. The smallest absolute Gasteiger partial charge is 0.327 e. The summed E-state index contributed by atoms with van der Waals surface area (Å²) >= 11 is 0. The Balaban J connectivity index is 1.15. The second-order valence-electron chi connectivity index (χ2n) is 8.40. The third-order valence-electron chi connectivity index (χ3n) is 6.32. The predicted octanol–water partition coefficient (Wildman–Crippen LogP) is 3.10. The number of carbonyl (C=O) groups excluding carboxylic acids is 2. The van der Waals surface area contributed by atoms with E-state index in [4.69, 9.17) is 4.74 Å². The molecular weight excluding hydrogens is 378 g/mol. The second kappa shape index (κ2) is 8.11. The molecule has 6 heteroatoms. The molecule has 0 aromatic heterocycles. The van der Waals surface area contributed by atoms with Gasteiger partial charge in [0.15, 0.2) is 0 Å². The third-order valence-corrected chi connectivity index (χ3v) is 6.32. The first-order valence-electron chi connectivity index (χ1n) is 10.8. The van der Waals surface area contributed by atoms with Crippen LogP contribution >= 0.6 is 0 Å². The molecule has 0 radical (unpaired) electrons. The Hall–Kier alpha value is -2.86. The summed E-state index contributed by atoms with van der Waals surface area (Å²) in [6.45, 7) is 2.56. The van der Waals surface area contributed by atoms with E-state index in [2.05, 4.69) is 29.6 Å². The number of fused-ring (bicyclic) bond motifs is 2. The number of ether oxygens (including phenoxy) is 1. The lowest BCUT2D eigenvalue weighted by atomic mass is 10.0. The number of hydrogen-bond donors (Lipinski definition) is 1. The van der Waals surface area contributed by atoms with Gasteiger partial charge in [0, 0.05) is 19.6 Å². The highest BCUT2D eigenvalue weighted by Gasteiger charge is 2.47. The monoisotopic (exact) mass is 405 g/mol. The van der Waals surface area contributed by atoms with Crippen molar-refractivity contribution < 1.29 is 14.3 Å². The van der Waals surface area contributed by atoms with Crippen molar-refractivity contribution in [1.82, 2.24) is 15.1 Å². The average Bonchev–Trinajstić information content (AvgIpc) is 3.34. The Labute approximate surface area is 176 Å². The Kier molecular flexibility index (Phi) is 5.17. The molecule has 2 atom stereocenters. The van der Waals surface area contributed by atoms with Crippen molar-refractivity contribution in [3.8, 4) is 5.75 Å². The zero-order chi connectivity index (χ0) is 20.5. The van der Waals surface area contributed by atoms with Gasteiger partial charge in [-0.1, -0.05) is 42.5 Å². The first-order chi connectivity index (χ1) is 14.7. The fraction of sp³-hybridized carbons (Fsp3) is 0.417. The molecule has 2 aromatic carbocycles. The van der Waals surface area contributed by atoms with Crippen LogP contribution < -0.4 is 10.1 Å². The van der Waals surface area contributed by atoms with Crippen LogP contribution in [0.1, 0.15) is 36.0 Å². The maximum Gasteiger partial charge on any atom is 0.327 e. The van der Waals surface area contributed by atoms with Gasteiger partial charge in [0.05, 0.1) is 6.54 Å². The van der Waals surface area contributed by atoms with Crippen LogP contribution in [0, 0.1) is 0 Å². The highest BCUT2D eigenvalue weighted by Crippen LogP contribution is 2.29. The van der Waals surface area contributed by atoms with E-state index < -0.39 is 0 Å². The molecule has 156 valence electrons. The molecule has 30 heavy (non-hydrogen) atoms. The van der Waals surface area contributed by atoms with E-state index in [1.54, 1.807) is 4.90 Å². The van der Waals surface area contributed by atoms with Crippen molar-refractivity contribution in [2.45, 2.75) is 50.9 Å². The SMILES string of the molecule is O=C1C2CCCN2C(=O)N1Cc1cccc(CNCC2CCc3ccccc3O2)c1. The summed E-state index contributed by atoms with van der Waals surface area (Å²) in [5, 5.41) is 3.49. The van der Waals surface area contributed by atoms with E-state index in [9.17, 15) is 9.59 Å². The second-order valence-corrected chi connectivity index (χ2v) is 8.40. The van der Waals surface area contributed by atoms with Gasteiger partial charge in [0.1, 0.15) is 17.9 Å². The number of benzene rings is 2. The van der Waals surface area contributed by atoms with Crippen LogP contribution in [0.3, 0.4) is 0 Å². The molecule has 0 aliphatic carbocycles. The summed E-state index contributed by atoms with van der Waals surface area (Å²) in [5.41, 5.74) is 3.41. The average molecular weight is 405 g/mol. The molecule has 3 heterocycles. The van der Waals surface area contributed by atoms with Crippen molar-refractivity contribution in [3.05, 3.63) is 65.2 Å². The molecule has 2 aromatic rings. The molecular formula is C24H27N3O3. The van der Waals surface area contributed by atoms with E-state index in [1.165, 1.54) is 10.5 Å². The molecule has 2 unspecified atom stereocenters. The summed E-state index contributed by atoms with van der Waals surface area (Å²) in [4.78, 5) is 28.2. The molecule has 0 bridgehead atoms. The van der Waals surface area contributed by atoms with Crippen LogP contribution in [0.4, 0.5) is 4.79 Å². The molecule has 3 amide bonds. The summed E-state index contributed by atoms with van der Waals surface area (Å²) in [5.74, 6) is 0.953. The van der Waals surface area contributed by atoms with Crippen molar-refractivity contribution in [2.75, 3.05) is 13.1 Å². The fourth-order valence-corrected chi connectivity index (χ4v) is 4.75. The summed E-state index contributed by atoms with van der Waals surface area (Å²) in [6, 6.07) is 16.0. The minimum Gasteiger partial charge on any atom is -0.489 e. The molecule has 1 N–H and O–H groups in total. The van der Waals surface area contributed by atoms with Gasteiger partial charge in [-0.3, -0.25) is 9.69 Å². The largest absolute Gasteiger partial charge is 0.489 e. The number of hydrogen-bond acceptors (Lipinski definition) is 4. The van der Waals surface area contributed by atoms with Crippen LogP contribution in [-0.2, 0) is 24.3 Å². The predicted molar refractivity (Wildman–Crippen MR) is 113 cm³/mol. The number of imide groups is 1. The number of aryl methyl sites for hydroxylation is 1. The number of para-hydroxylation sites is 1. The van der Waals surface area contributed by atoms with Gasteiger partial charge in [-0.25, -0.2) is 4.79 Å². The number of nitrogens with zero attached hydrogens (tertiary/aromatic N) is 2. The quantitative estimate of drug-likeness (QED) is 0.751. The molecule has 6 nitrogen and oxygen atoms in total. The lowest BCUT2D eigenvalue weighted by Gasteiger charge is -2.26. The number of urea groups is 1. The summed E-state index contributed by atoms with van der Waals surface area (Å²) in [6.07, 6.45) is 3.96. The highest BCUT2D eigenvalue weighted by molar-refractivity contribution is 6.04. The van der Waals surface area contributed by atoms with Gasteiger partial charge in [-0.2, -0.15) is 0 Å². The van der Waals surface area contributed by atoms with Crippen LogP contribution in [0.25, 0.3) is 0 Å². The topological polar surface area (TPSA) is 61.9 Å². The van der Waals surface area contributed by atoms with E-state index in [0.717, 1.165) is 55.6 Å². The standard InChI is InChI=1S/C24H27N3O3/c28-23-21-8-4-12-26(21)24(29)27(23)16-18-6-3-5-17(13-18)14-25-15-20-11-10-19-7-1-2-9-22(19)30-20/h1-3,5-7,9,13,20-21,25H,4,8,10-12,14-16H2. The minimum absolute atomic E-state index is 0.0456. The Bertz CT molecular complexity index is 938.